The van der Waals surface area contributed by atoms with Crippen molar-refractivity contribution < 1.29 is 4.74 Å². The molecule has 3 rings (SSSR count). The van der Waals surface area contributed by atoms with Gasteiger partial charge in [0, 0.05) is 18.6 Å². The quantitative estimate of drug-likeness (QED) is 0.833. The zero-order valence-corrected chi connectivity index (χ0v) is 13.9. The van der Waals surface area contributed by atoms with Crippen LogP contribution in [0.25, 0.3) is 0 Å². The number of nitrogens with one attached hydrogen (secondary N) is 2. The molecule has 3 atom stereocenters. The molecule has 2 saturated heterocycles. The maximum Gasteiger partial charge on any atom is 0.0623 e. The number of hydrogen-bond donors (Lipinski definition) is 2. The summed E-state index contributed by atoms with van der Waals surface area (Å²) in [6, 6.07) is 1.32. The predicted octanol–water partition coefficient (Wildman–Crippen LogP) is 2.30. The van der Waals surface area contributed by atoms with Gasteiger partial charge in [0.2, 0.25) is 0 Å². The summed E-state index contributed by atoms with van der Waals surface area (Å²) in [7, 11) is 0. The van der Waals surface area contributed by atoms with Crippen molar-refractivity contribution in [3.63, 3.8) is 0 Å². The first-order chi connectivity index (χ1) is 9.43. The summed E-state index contributed by atoms with van der Waals surface area (Å²) in [5.41, 5.74) is 0. The second kappa shape index (κ2) is 8.84. The van der Waals surface area contributed by atoms with Gasteiger partial charge in [-0.05, 0) is 55.6 Å². The van der Waals surface area contributed by atoms with Crippen molar-refractivity contribution in [2.45, 2.75) is 44.2 Å². The van der Waals surface area contributed by atoms with Gasteiger partial charge in [-0.2, -0.15) is 11.8 Å². The molecular weight excluding hydrogens is 292 g/mol. The zero-order chi connectivity index (χ0) is 12.9. The van der Waals surface area contributed by atoms with Crippen LogP contribution in [0.15, 0.2) is 0 Å². The monoisotopic (exact) mass is 320 g/mol. The Labute approximate surface area is 133 Å². The van der Waals surface area contributed by atoms with Gasteiger partial charge in [-0.1, -0.05) is 6.42 Å². The van der Waals surface area contributed by atoms with E-state index in [-0.39, 0.29) is 12.4 Å². The van der Waals surface area contributed by atoms with Crippen LogP contribution in [0.4, 0.5) is 0 Å². The highest BCUT2D eigenvalue weighted by molar-refractivity contribution is 7.99. The van der Waals surface area contributed by atoms with E-state index in [0.29, 0.717) is 6.04 Å². The van der Waals surface area contributed by atoms with Gasteiger partial charge >= 0.3 is 0 Å². The SMILES string of the molecule is C1CC(NCC2CCSCC2)C(C2COCCN2)C1.Cl. The van der Waals surface area contributed by atoms with Crippen molar-refractivity contribution in [3.05, 3.63) is 0 Å². The highest BCUT2D eigenvalue weighted by Crippen LogP contribution is 2.30. The van der Waals surface area contributed by atoms with Crippen molar-refractivity contribution in [3.8, 4) is 0 Å². The van der Waals surface area contributed by atoms with Crippen LogP contribution in [-0.4, -0.2) is 49.9 Å². The van der Waals surface area contributed by atoms with E-state index in [0.717, 1.165) is 37.6 Å². The average Bonchev–Trinajstić information content (AvgIpc) is 2.95. The molecule has 20 heavy (non-hydrogen) atoms. The first-order valence-corrected chi connectivity index (χ1v) is 9.21. The summed E-state index contributed by atoms with van der Waals surface area (Å²) in [6.45, 7) is 4.09. The number of thioether (sulfide) groups is 1. The number of hydrogen-bond acceptors (Lipinski definition) is 4. The summed E-state index contributed by atoms with van der Waals surface area (Å²) >= 11 is 2.13. The van der Waals surface area contributed by atoms with Gasteiger partial charge in [-0.3, -0.25) is 0 Å². The Bertz CT molecular complexity index is 271. The van der Waals surface area contributed by atoms with Crippen molar-refractivity contribution in [2.75, 3.05) is 37.8 Å². The van der Waals surface area contributed by atoms with Crippen molar-refractivity contribution in [1.82, 2.24) is 10.6 Å². The summed E-state index contributed by atoms with van der Waals surface area (Å²) in [5.74, 6) is 4.47. The Balaban J connectivity index is 0.00000147. The van der Waals surface area contributed by atoms with Crippen LogP contribution in [-0.2, 0) is 4.74 Å². The molecule has 3 aliphatic rings. The highest BCUT2D eigenvalue weighted by Gasteiger charge is 2.34. The summed E-state index contributed by atoms with van der Waals surface area (Å²) in [4.78, 5) is 0. The third-order valence-electron chi connectivity index (χ3n) is 5.05. The Hall–Kier alpha value is 0.520. The minimum atomic E-state index is 0. The van der Waals surface area contributed by atoms with E-state index in [1.165, 1.54) is 50.2 Å². The normalized spacial score (nSPS) is 35.7. The molecule has 0 spiro atoms. The molecule has 0 aromatic rings. The predicted molar refractivity (Wildman–Crippen MR) is 89.0 cm³/mol. The molecule has 0 aromatic carbocycles. The largest absolute Gasteiger partial charge is 0.379 e. The molecule has 5 heteroatoms. The highest BCUT2D eigenvalue weighted by atomic mass is 35.5. The van der Waals surface area contributed by atoms with E-state index in [9.17, 15) is 0 Å². The molecule has 3 nitrogen and oxygen atoms in total. The zero-order valence-electron chi connectivity index (χ0n) is 12.3. The van der Waals surface area contributed by atoms with Gasteiger partial charge in [0.05, 0.1) is 13.2 Å². The Morgan fingerprint density at radius 3 is 2.75 bits per heavy atom. The van der Waals surface area contributed by atoms with Crippen LogP contribution >= 0.6 is 24.2 Å². The van der Waals surface area contributed by atoms with E-state index in [1.54, 1.807) is 0 Å². The number of ether oxygens (including phenoxy) is 1. The van der Waals surface area contributed by atoms with E-state index < -0.39 is 0 Å². The van der Waals surface area contributed by atoms with Gasteiger partial charge in [-0.15, -0.1) is 12.4 Å². The minimum absolute atomic E-state index is 0. The lowest BCUT2D eigenvalue weighted by atomic mass is 9.93. The third-order valence-corrected chi connectivity index (χ3v) is 6.09. The summed E-state index contributed by atoms with van der Waals surface area (Å²) in [5, 5.41) is 7.55. The van der Waals surface area contributed by atoms with E-state index >= 15 is 0 Å². The molecule has 0 bridgehead atoms. The van der Waals surface area contributed by atoms with Gasteiger partial charge in [0.15, 0.2) is 0 Å². The van der Waals surface area contributed by atoms with Crippen LogP contribution in [0.3, 0.4) is 0 Å². The van der Waals surface area contributed by atoms with Crippen LogP contribution in [0.2, 0.25) is 0 Å². The maximum atomic E-state index is 5.64. The molecule has 0 radical (unpaired) electrons. The summed E-state index contributed by atoms with van der Waals surface area (Å²) < 4.78 is 5.64. The second-order valence-electron chi connectivity index (χ2n) is 6.30. The van der Waals surface area contributed by atoms with Crippen molar-refractivity contribution in [2.24, 2.45) is 11.8 Å². The molecule has 1 saturated carbocycles. The molecule has 2 heterocycles. The lowest BCUT2D eigenvalue weighted by molar-refractivity contribution is 0.0522. The average molecular weight is 321 g/mol. The molecule has 0 amide bonds. The third kappa shape index (κ3) is 4.51. The number of rotatable bonds is 4. The molecule has 3 fully saturated rings. The fraction of sp³-hybridized carbons (Fsp3) is 1.00. The Kier molecular flexibility index (Phi) is 7.46. The first-order valence-electron chi connectivity index (χ1n) is 8.06. The number of halogens is 1. The smallest absolute Gasteiger partial charge is 0.0623 e. The minimum Gasteiger partial charge on any atom is -0.379 e. The van der Waals surface area contributed by atoms with Crippen LogP contribution in [0.5, 0.6) is 0 Å². The van der Waals surface area contributed by atoms with Gasteiger partial charge in [-0.25, -0.2) is 0 Å². The van der Waals surface area contributed by atoms with E-state index in [1.807, 2.05) is 0 Å². The van der Waals surface area contributed by atoms with Crippen LogP contribution in [0.1, 0.15) is 32.1 Å². The molecule has 0 aromatic heterocycles. The second-order valence-corrected chi connectivity index (χ2v) is 7.53. The van der Waals surface area contributed by atoms with E-state index in [2.05, 4.69) is 22.4 Å². The van der Waals surface area contributed by atoms with Crippen LogP contribution in [0, 0.1) is 11.8 Å². The Morgan fingerprint density at radius 1 is 1.15 bits per heavy atom. The van der Waals surface area contributed by atoms with Crippen molar-refractivity contribution in [1.29, 1.82) is 0 Å². The van der Waals surface area contributed by atoms with Gasteiger partial charge in [0.25, 0.3) is 0 Å². The van der Waals surface area contributed by atoms with Gasteiger partial charge < -0.3 is 15.4 Å². The lowest BCUT2D eigenvalue weighted by Gasteiger charge is -2.34. The fourth-order valence-electron chi connectivity index (χ4n) is 3.85. The summed E-state index contributed by atoms with van der Waals surface area (Å²) in [6.07, 6.45) is 6.96. The standard InChI is InChI=1S/C15H28N2OS.ClH/c1-2-13(15-11-18-7-6-16-15)14(3-1)17-10-12-4-8-19-9-5-12;/h12-17H,1-11H2;1H. The first kappa shape index (κ1) is 16.9. The molecule has 2 aliphatic heterocycles. The van der Waals surface area contributed by atoms with E-state index in [4.69, 9.17) is 4.74 Å². The topological polar surface area (TPSA) is 33.3 Å². The van der Waals surface area contributed by atoms with Crippen molar-refractivity contribution >= 4 is 24.2 Å². The molecule has 2 N–H and O–H groups in total. The molecule has 3 unspecified atom stereocenters. The number of morpholine rings is 1. The molecule has 118 valence electrons. The molecular formula is C15H29ClN2OS. The molecule has 1 aliphatic carbocycles. The van der Waals surface area contributed by atoms with Crippen LogP contribution < -0.4 is 10.6 Å². The fourth-order valence-corrected chi connectivity index (χ4v) is 5.06. The Morgan fingerprint density at radius 2 is 2.00 bits per heavy atom. The van der Waals surface area contributed by atoms with Gasteiger partial charge in [0.1, 0.15) is 0 Å². The lowest BCUT2D eigenvalue weighted by Crippen LogP contribution is -2.51. The maximum absolute atomic E-state index is 5.64.